The maximum atomic E-state index is 12.6. The van der Waals surface area contributed by atoms with Crippen molar-refractivity contribution in [3.8, 4) is 0 Å². The van der Waals surface area contributed by atoms with Crippen molar-refractivity contribution in [1.82, 2.24) is 10.2 Å². The van der Waals surface area contributed by atoms with Crippen molar-refractivity contribution in [3.63, 3.8) is 0 Å². The predicted octanol–water partition coefficient (Wildman–Crippen LogP) is 3.19. The van der Waals surface area contributed by atoms with E-state index in [-0.39, 0.29) is 11.9 Å². The largest absolute Gasteiger partial charge is 0.389 e. The highest BCUT2D eigenvalue weighted by Crippen LogP contribution is 2.29. The Morgan fingerprint density at radius 2 is 1.88 bits per heavy atom. The van der Waals surface area contributed by atoms with E-state index in [9.17, 15) is 9.90 Å². The van der Waals surface area contributed by atoms with Crippen LogP contribution in [0.5, 0.6) is 0 Å². The van der Waals surface area contributed by atoms with Crippen molar-refractivity contribution in [1.29, 1.82) is 0 Å². The molecule has 3 rings (SSSR count). The summed E-state index contributed by atoms with van der Waals surface area (Å²) in [5.74, 6) is 0.0468. The summed E-state index contributed by atoms with van der Waals surface area (Å²) in [6.07, 6.45) is 7.37. The van der Waals surface area contributed by atoms with Crippen molar-refractivity contribution >= 4 is 5.91 Å². The molecule has 1 amide bonds. The molecule has 1 heterocycles. The number of hydrogen-bond acceptors (Lipinski definition) is 3. The molecule has 4 nitrogen and oxygen atoms in total. The molecular formula is C21H32N2O2. The van der Waals surface area contributed by atoms with Crippen LogP contribution in [0.4, 0.5) is 0 Å². The third-order valence-corrected chi connectivity index (χ3v) is 5.86. The number of likely N-dealkylation sites (tertiary alicyclic amines) is 1. The van der Waals surface area contributed by atoms with Gasteiger partial charge in [-0.2, -0.15) is 0 Å². The topological polar surface area (TPSA) is 52.6 Å². The van der Waals surface area contributed by atoms with Gasteiger partial charge in [-0.3, -0.25) is 4.79 Å². The minimum Gasteiger partial charge on any atom is -0.389 e. The van der Waals surface area contributed by atoms with Gasteiger partial charge in [-0.15, -0.1) is 0 Å². The Morgan fingerprint density at radius 3 is 2.56 bits per heavy atom. The van der Waals surface area contributed by atoms with Crippen LogP contribution in [0, 0.1) is 13.8 Å². The molecule has 25 heavy (non-hydrogen) atoms. The molecule has 0 atom stereocenters. The summed E-state index contributed by atoms with van der Waals surface area (Å²) in [6.45, 7) is 6.72. The van der Waals surface area contributed by atoms with E-state index >= 15 is 0 Å². The number of aryl methyl sites for hydroxylation is 2. The fourth-order valence-electron chi connectivity index (χ4n) is 4.26. The standard InChI is InChI=1S/C21H32N2O2/c1-16-6-7-17(2)19(14-16)20(24)22-18-8-12-23(13-9-18)15-21(25)10-4-3-5-11-21/h6-7,14,18,25H,3-5,8-13,15H2,1-2H3,(H,22,24). The van der Waals surface area contributed by atoms with E-state index in [1.54, 1.807) is 0 Å². The average molecular weight is 344 g/mol. The summed E-state index contributed by atoms with van der Waals surface area (Å²) in [5, 5.41) is 13.9. The van der Waals surface area contributed by atoms with Gasteiger partial charge < -0.3 is 15.3 Å². The Hall–Kier alpha value is -1.39. The van der Waals surface area contributed by atoms with E-state index in [0.717, 1.165) is 74.8 Å². The van der Waals surface area contributed by atoms with Gasteiger partial charge in [-0.1, -0.05) is 37.0 Å². The maximum absolute atomic E-state index is 12.6. The number of carbonyl (C=O) groups is 1. The molecule has 2 N–H and O–H groups in total. The second-order valence-electron chi connectivity index (χ2n) is 8.13. The first-order valence-corrected chi connectivity index (χ1v) is 9.78. The zero-order valence-electron chi connectivity index (χ0n) is 15.7. The molecule has 1 aliphatic carbocycles. The zero-order valence-corrected chi connectivity index (χ0v) is 15.7. The van der Waals surface area contributed by atoms with Crippen LogP contribution >= 0.6 is 0 Å². The van der Waals surface area contributed by atoms with Crippen molar-refractivity contribution in [2.75, 3.05) is 19.6 Å². The second-order valence-corrected chi connectivity index (χ2v) is 8.13. The number of benzene rings is 1. The Balaban J connectivity index is 1.49. The highest BCUT2D eigenvalue weighted by atomic mass is 16.3. The number of hydrogen-bond donors (Lipinski definition) is 2. The van der Waals surface area contributed by atoms with Gasteiger partial charge in [0.2, 0.25) is 0 Å². The summed E-state index contributed by atoms with van der Waals surface area (Å²) in [7, 11) is 0. The van der Waals surface area contributed by atoms with Crippen LogP contribution in [0.15, 0.2) is 18.2 Å². The predicted molar refractivity (Wildman–Crippen MR) is 101 cm³/mol. The Morgan fingerprint density at radius 1 is 1.20 bits per heavy atom. The lowest BCUT2D eigenvalue weighted by Gasteiger charge is -2.40. The number of carbonyl (C=O) groups excluding carboxylic acids is 1. The van der Waals surface area contributed by atoms with Crippen LogP contribution in [-0.2, 0) is 0 Å². The van der Waals surface area contributed by atoms with Crippen molar-refractivity contribution in [2.24, 2.45) is 0 Å². The van der Waals surface area contributed by atoms with Gasteiger partial charge >= 0.3 is 0 Å². The molecule has 138 valence electrons. The zero-order chi connectivity index (χ0) is 17.9. The van der Waals surface area contributed by atoms with E-state index in [1.807, 2.05) is 32.0 Å². The number of rotatable bonds is 4. The molecule has 2 aliphatic rings. The number of nitrogens with zero attached hydrogens (tertiary/aromatic N) is 1. The molecule has 1 saturated heterocycles. The SMILES string of the molecule is Cc1ccc(C)c(C(=O)NC2CCN(CC3(O)CCCCC3)CC2)c1. The van der Waals surface area contributed by atoms with E-state index in [2.05, 4.69) is 10.2 Å². The van der Waals surface area contributed by atoms with Crippen LogP contribution in [0.3, 0.4) is 0 Å². The molecular weight excluding hydrogens is 312 g/mol. The van der Waals surface area contributed by atoms with Gasteiger partial charge in [0.05, 0.1) is 5.60 Å². The average Bonchev–Trinajstić information content (AvgIpc) is 2.59. The molecule has 0 unspecified atom stereocenters. The van der Waals surface area contributed by atoms with Crippen LogP contribution in [0.1, 0.15) is 66.4 Å². The van der Waals surface area contributed by atoms with Crippen LogP contribution in [0.2, 0.25) is 0 Å². The molecule has 1 aromatic rings. The fourth-order valence-corrected chi connectivity index (χ4v) is 4.26. The van der Waals surface area contributed by atoms with Gasteiger partial charge in [0, 0.05) is 31.2 Å². The molecule has 0 radical (unpaired) electrons. The van der Waals surface area contributed by atoms with E-state index in [4.69, 9.17) is 0 Å². The van der Waals surface area contributed by atoms with Crippen LogP contribution < -0.4 is 5.32 Å². The van der Waals surface area contributed by atoms with Gasteiger partial charge in [0.1, 0.15) is 0 Å². The quantitative estimate of drug-likeness (QED) is 0.882. The van der Waals surface area contributed by atoms with Gasteiger partial charge in [-0.25, -0.2) is 0 Å². The Labute approximate surface area is 151 Å². The first-order valence-electron chi connectivity index (χ1n) is 9.78. The van der Waals surface area contributed by atoms with Crippen LogP contribution in [-0.4, -0.2) is 47.2 Å². The van der Waals surface area contributed by atoms with E-state index < -0.39 is 5.60 Å². The Kier molecular flexibility index (Phi) is 5.80. The minimum absolute atomic E-state index is 0.0468. The number of piperidine rings is 1. The highest BCUT2D eigenvalue weighted by Gasteiger charge is 2.32. The van der Waals surface area contributed by atoms with Crippen molar-refractivity contribution in [2.45, 2.75) is 70.4 Å². The molecule has 0 spiro atoms. The fraction of sp³-hybridized carbons (Fsp3) is 0.667. The lowest BCUT2D eigenvalue weighted by atomic mass is 9.84. The highest BCUT2D eigenvalue weighted by molar-refractivity contribution is 5.96. The summed E-state index contributed by atoms with van der Waals surface area (Å²) in [6, 6.07) is 6.26. The molecule has 0 bridgehead atoms. The summed E-state index contributed by atoms with van der Waals surface area (Å²) >= 11 is 0. The molecule has 1 saturated carbocycles. The monoisotopic (exact) mass is 344 g/mol. The number of nitrogens with one attached hydrogen (secondary N) is 1. The lowest BCUT2D eigenvalue weighted by molar-refractivity contribution is -0.0312. The van der Waals surface area contributed by atoms with Gasteiger partial charge in [0.15, 0.2) is 0 Å². The normalized spacial score (nSPS) is 21.9. The summed E-state index contributed by atoms with van der Waals surface area (Å²) in [4.78, 5) is 15.0. The number of β-amino-alcohol motifs (C(OH)–C–C–N with tert-alkyl or cyclic N) is 1. The molecule has 1 aromatic carbocycles. The molecule has 2 fully saturated rings. The first-order chi connectivity index (χ1) is 12.0. The lowest BCUT2D eigenvalue weighted by Crippen LogP contribution is -2.50. The third kappa shape index (κ3) is 4.83. The molecule has 0 aromatic heterocycles. The Bertz CT molecular complexity index is 600. The minimum atomic E-state index is -0.479. The van der Waals surface area contributed by atoms with Gasteiger partial charge in [0.25, 0.3) is 5.91 Å². The second kappa shape index (κ2) is 7.88. The summed E-state index contributed by atoms with van der Waals surface area (Å²) < 4.78 is 0. The molecule has 4 heteroatoms. The first kappa shape index (κ1) is 18.4. The van der Waals surface area contributed by atoms with Crippen molar-refractivity contribution < 1.29 is 9.90 Å². The molecule has 1 aliphatic heterocycles. The summed E-state index contributed by atoms with van der Waals surface area (Å²) in [5.41, 5.74) is 2.46. The van der Waals surface area contributed by atoms with E-state index in [0.29, 0.717) is 0 Å². The van der Waals surface area contributed by atoms with Crippen LogP contribution in [0.25, 0.3) is 0 Å². The number of amides is 1. The number of aliphatic hydroxyl groups is 1. The van der Waals surface area contributed by atoms with Crippen molar-refractivity contribution in [3.05, 3.63) is 34.9 Å². The smallest absolute Gasteiger partial charge is 0.251 e. The third-order valence-electron chi connectivity index (χ3n) is 5.86. The van der Waals surface area contributed by atoms with Gasteiger partial charge in [-0.05, 0) is 51.2 Å². The maximum Gasteiger partial charge on any atom is 0.251 e. The van der Waals surface area contributed by atoms with E-state index in [1.165, 1.54) is 6.42 Å².